The summed E-state index contributed by atoms with van der Waals surface area (Å²) in [5.74, 6) is -0.0282. The van der Waals surface area contributed by atoms with Crippen molar-refractivity contribution >= 4 is 11.8 Å². The van der Waals surface area contributed by atoms with E-state index in [1.807, 2.05) is 20.9 Å². The molecule has 0 radical (unpaired) electrons. The largest absolute Gasteiger partial charge is 0.354 e. The average molecular weight is 250 g/mol. The van der Waals surface area contributed by atoms with Crippen LogP contribution in [0.1, 0.15) is 28.2 Å². The second kappa shape index (κ2) is 4.80. The third-order valence-electron chi connectivity index (χ3n) is 3.32. The van der Waals surface area contributed by atoms with E-state index >= 15 is 0 Å². The van der Waals surface area contributed by atoms with Crippen LogP contribution in [-0.4, -0.2) is 46.1 Å². The zero-order valence-corrected chi connectivity index (χ0v) is 11.0. The standard InChI is InChI=1S/C12H18N4O2/c1-8-11(9(2)15(3)14-8)12(18)16-6-4-10(17)13-5-7-16/h4-7H2,1-3H3,(H,13,17). The number of carbonyl (C=O) groups excluding carboxylic acids is 2. The van der Waals surface area contributed by atoms with E-state index in [-0.39, 0.29) is 11.8 Å². The first-order chi connectivity index (χ1) is 8.50. The Morgan fingerprint density at radius 3 is 2.67 bits per heavy atom. The van der Waals surface area contributed by atoms with E-state index in [4.69, 9.17) is 0 Å². The van der Waals surface area contributed by atoms with E-state index in [9.17, 15) is 9.59 Å². The number of nitrogens with zero attached hydrogens (tertiary/aromatic N) is 3. The van der Waals surface area contributed by atoms with Crippen molar-refractivity contribution in [2.24, 2.45) is 7.05 Å². The van der Waals surface area contributed by atoms with E-state index in [1.165, 1.54) is 0 Å². The number of carbonyl (C=O) groups is 2. The highest BCUT2D eigenvalue weighted by Gasteiger charge is 2.24. The normalized spacial score (nSPS) is 16.4. The van der Waals surface area contributed by atoms with E-state index in [2.05, 4.69) is 10.4 Å². The zero-order chi connectivity index (χ0) is 13.3. The van der Waals surface area contributed by atoms with Crippen LogP contribution in [0.4, 0.5) is 0 Å². The average Bonchev–Trinajstić information content (AvgIpc) is 2.51. The van der Waals surface area contributed by atoms with Gasteiger partial charge in [-0.3, -0.25) is 14.3 Å². The number of hydrogen-bond donors (Lipinski definition) is 1. The number of hydrogen-bond acceptors (Lipinski definition) is 3. The van der Waals surface area contributed by atoms with Crippen molar-refractivity contribution in [3.05, 3.63) is 17.0 Å². The fraction of sp³-hybridized carbons (Fsp3) is 0.583. The summed E-state index contributed by atoms with van der Waals surface area (Å²) in [7, 11) is 1.83. The summed E-state index contributed by atoms with van der Waals surface area (Å²) in [6.07, 6.45) is 0.365. The van der Waals surface area contributed by atoms with Crippen LogP contribution >= 0.6 is 0 Å². The molecule has 0 unspecified atom stereocenters. The first-order valence-electron chi connectivity index (χ1n) is 6.07. The Morgan fingerprint density at radius 1 is 1.33 bits per heavy atom. The first-order valence-corrected chi connectivity index (χ1v) is 6.07. The summed E-state index contributed by atoms with van der Waals surface area (Å²) < 4.78 is 1.71. The minimum absolute atomic E-state index is 0.00457. The molecule has 0 atom stereocenters. The van der Waals surface area contributed by atoms with Crippen LogP contribution in [0.5, 0.6) is 0 Å². The van der Waals surface area contributed by atoms with Crippen LogP contribution in [0.25, 0.3) is 0 Å². The molecule has 18 heavy (non-hydrogen) atoms. The fourth-order valence-electron chi connectivity index (χ4n) is 2.21. The number of aryl methyl sites for hydroxylation is 2. The molecule has 1 aliphatic heterocycles. The molecule has 6 heteroatoms. The number of rotatable bonds is 1. The molecular weight excluding hydrogens is 232 g/mol. The summed E-state index contributed by atoms with van der Waals surface area (Å²) in [5, 5.41) is 7.01. The maximum Gasteiger partial charge on any atom is 0.257 e. The lowest BCUT2D eigenvalue weighted by atomic mass is 10.1. The van der Waals surface area contributed by atoms with E-state index in [0.29, 0.717) is 31.6 Å². The number of nitrogens with one attached hydrogen (secondary N) is 1. The van der Waals surface area contributed by atoms with Crippen molar-refractivity contribution in [3.63, 3.8) is 0 Å². The molecule has 2 heterocycles. The molecule has 2 amide bonds. The van der Waals surface area contributed by atoms with Crippen molar-refractivity contribution in [1.29, 1.82) is 0 Å². The van der Waals surface area contributed by atoms with Crippen LogP contribution in [0.15, 0.2) is 0 Å². The van der Waals surface area contributed by atoms with Crippen molar-refractivity contribution in [1.82, 2.24) is 20.0 Å². The van der Waals surface area contributed by atoms with Crippen LogP contribution < -0.4 is 5.32 Å². The summed E-state index contributed by atoms with van der Waals surface area (Å²) in [4.78, 5) is 25.4. The highest BCUT2D eigenvalue weighted by Crippen LogP contribution is 2.15. The number of aromatic nitrogens is 2. The Bertz CT molecular complexity index is 493. The molecule has 0 spiro atoms. The molecule has 6 nitrogen and oxygen atoms in total. The lowest BCUT2D eigenvalue weighted by Crippen LogP contribution is -2.34. The second-order valence-electron chi connectivity index (χ2n) is 4.56. The fourth-order valence-corrected chi connectivity index (χ4v) is 2.21. The van der Waals surface area contributed by atoms with Crippen molar-refractivity contribution in [2.75, 3.05) is 19.6 Å². The predicted octanol–water partition coefficient (Wildman–Crippen LogP) is -0.000960. The molecule has 2 rings (SSSR count). The van der Waals surface area contributed by atoms with Gasteiger partial charge < -0.3 is 10.2 Å². The van der Waals surface area contributed by atoms with Gasteiger partial charge in [-0.2, -0.15) is 5.10 Å². The van der Waals surface area contributed by atoms with Gasteiger partial charge in [0.15, 0.2) is 0 Å². The molecule has 98 valence electrons. The van der Waals surface area contributed by atoms with Crippen molar-refractivity contribution in [2.45, 2.75) is 20.3 Å². The molecule has 1 saturated heterocycles. The third kappa shape index (κ3) is 2.23. The molecule has 1 aromatic rings. The van der Waals surface area contributed by atoms with Crippen LogP contribution in [0.3, 0.4) is 0 Å². The smallest absolute Gasteiger partial charge is 0.257 e. The lowest BCUT2D eigenvalue weighted by molar-refractivity contribution is -0.120. The topological polar surface area (TPSA) is 67.2 Å². The molecule has 0 aliphatic carbocycles. The van der Waals surface area contributed by atoms with Crippen LogP contribution in [0, 0.1) is 13.8 Å². The van der Waals surface area contributed by atoms with Gasteiger partial charge in [0.25, 0.3) is 5.91 Å². The SMILES string of the molecule is Cc1nn(C)c(C)c1C(=O)N1CCNC(=O)CC1. The minimum atomic E-state index is -0.0328. The van der Waals surface area contributed by atoms with Gasteiger partial charge in [-0.25, -0.2) is 0 Å². The van der Waals surface area contributed by atoms with Crippen LogP contribution in [-0.2, 0) is 11.8 Å². The Hall–Kier alpha value is -1.85. The molecule has 0 bridgehead atoms. The van der Waals surface area contributed by atoms with Crippen LogP contribution in [0.2, 0.25) is 0 Å². The quantitative estimate of drug-likeness (QED) is 0.763. The minimum Gasteiger partial charge on any atom is -0.354 e. The molecule has 0 saturated carbocycles. The van der Waals surface area contributed by atoms with E-state index < -0.39 is 0 Å². The molecule has 1 aliphatic rings. The van der Waals surface area contributed by atoms with Gasteiger partial charge in [0.1, 0.15) is 0 Å². The Morgan fingerprint density at radius 2 is 2.06 bits per heavy atom. The summed E-state index contributed by atoms with van der Waals surface area (Å²) in [6, 6.07) is 0. The molecular formula is C12H18N4O2. The third-order valence-corrected chi connectivity index (χ3v) is 3.32. The van der Waals surface area contributed by atoms with Gasteiger partial charge in [0.05, 0.1) is 11.3 Å². The molecule has 1 fully saturated rings. The van der Waals surface area contributed by atoms with Gasteiger partial charge in [0.2, 0.25) is 5.91 Å². The van der Waals surface area contributed by atoms with Crippen molar-refractivity contribution < 1.29 is 9.59 Å². The van der Waals surface area contributed by atoms with E-state index in [1.54, 1.807) is 9.58 Å². The van der Waals surface area contributed by atoms with Gasteiger partial charge in [0, 0.05) is 38.8 Å². The monoisotopic (exact) mass is 250 g/mol. The van der Waals surface area contributed by atoms with Gasteiger partial charge in [-0.15, -0.1) is 0 Å². The highest BCUT2D eigenvalue weighted by atomic mass is 16.2. The van der Waals surface area contributed by atoms with E-state index in [0.717, 1.165) is 11.4 Å². The zero-order valence-electron chi connectivity index (χ0n) is 11.0. The Labute approximate surface area is 106 Å². The van der Waals surface area contributed by atoms with Gasteiger partial charge in [-0.05, 0) is 13.8 Å². The highest BCUT2D eigenvalue weighted by molar-refractivity contribution is 5.96. The maximum absolute atomic E-state index is 12.4. The Balaban J connectivity index is 2.22. The molecule has 1 N–H and O–H groups in total. The predicted molar refractivity (Wildman–Crippen MR) is 66.2 cm³/mol. The first kappa shape index (κ1) is 12.6. The maximum atomic E-state index is 12.4. The Kier molecular flexibility index (Phi) is 3.36. The van der Waals surface area contributed by atoms with Gasteiger partial charge >= 0.3 is 0 Å². The lowest BCUT2D eigenvalue weighted by Gasteiger charge is -2.19. The van der Waals surface area contributed by atoms with Gasteiger partial charge in [-0.1, -0.05) is 0 Å². The number of amides is 2. The summed E-state index contributed by atoms with van der Waals surface area (Å²) in [6.45, 7) is 5.26. The molecule has 0 aromatic carbocycles. The molecule has 1 aromatic heterocycles. The second-order valence-corrected chi connectivity index (χ2v) is 4.56. The summed E-state index contributed by atoms with van der Waals surface area (Å²) >= 11 is 0. The van der Waals surface area contributed by atoms with Crippen molar-refractivity contribution in [3.8, 4) is 0 Å². The summed E-state index contributed by atoms with van der Waals surface area (Å²) in [5.41, 5.74) is 2.26.